The van der Waals surface area contributed by atoms with E-state index in [4.69, 9.17) is 4.98 Å². The van der Waals surface area contributed by atoms with E-state index in [-0.39, 0.29) is 18.3 Å². The van der Waals surface area contributed by atoms with Gasteiger partial charge in [0, 0.05) is 6.54 Å². The van der Waals surface area contributed by atoms with Gasteiger partial charge >= 0.3 is 0 Å². The van der Waals surface area contributed by atoms with Crippen LogP contribution in [0.1, 0.15) is 24.5 Å². The van der Waals surface area contributed by atoms with Gasteiger partial charge in [-0.1, -0.05) is 54.7 Å². The van der Waals surface area contributed by atoms with Crippen molar-refractivity contribution in [2.75, 3.05) is 32.1 Å². The van der Waals surface area contributed by atoms with Crippen LogP contribution in [-0.2, 0) is 17.6 Å². The van der Waals surface area contributed by atoms with Crippen molar-refractivity contribution in [3.8, 4) is 0 Å². The minimum atomic E-state index is 0. The van der Waals surface area contributed by atoms with E-state index in [2.05, 4.69) is 44.1 Å². The Balaban J connectivity index is 0.00000280. The zero-order valence-corrected chi connectivity index (χ0v) is 18.4. The average molecular weight is 418 g/mol. The van der Waals surface area contributed by atoms with Crippen molar-refractivity contribution in [3.05, 3.63) is 59.7 Å². The lowest BCUT2D eigenvalue weighted by Gasteiger charge is -2.21. The van der Waals surface area contributed by atoms with E-state index in [0.29, 0.717) is 13.0 Å². The normalized spacial score (nSPS) is 10.9. The number of aromatic nitrogens is 1. The van der Waals surface area contributed by atoms with E-state index < -0.39 is 0 Å². The topological polar surface area (TPSA) is 36.4 Å². The molecule has 3 rings (SSSR count). The molecule has 0 N–H and O–H groups in total. The Morgan fingerprint density at radius 1 is 1.04 bits per heavy atom. The van der Waals surface area contributed by atoms with Gasteiger partial charge in [0.1, 0.15) is 0 Å². The van der Waals surface area contributed by atoms with Gasteiger partial charge in [0.15, 0.2) is 5.13 Å². The van der Waals surface area contributed by atoms with Gasteiger partial charge in [0.25, 0.3) is 0 Å². The molecule has 0 unspecified atom stereocenters. The van der Waals surface area contributed by atoms with Crippen LogP contribution in [0.15, 0.2) is 48.5 Å². The van der Waals surface area contributed by atoms with Crippen LogP contribution in [0, 0.1) is 0 Å². The van der Waals surface area contributed by atoms with Crippen molar-refractivity contribution in [2.45, 2.75) is 26.2 Å². The summed E-state index contributed by atoms with van der Waals surface area (Å²) in [7, 11) is 4.11. The summed E-state index contributed by atoms with van der Waals surface area (Å²) >= 11 is 1.61. The second-order valence-electron chi connectivity index (χ2n) is 7.02. The van der Waals surface area contributed by atoms with Crippen LogP contribution >= 0.6 is 23.7 Å². The van der Waals surface area contributed by atoms with E-state index in [1.165, 1.54) is 5.56 Å². The van der Waals surface area contributed by atoms with Crippen molar-refractivity contribution in [1.82, 2.24) is 9.88 Å². The van der Waals surface area contributed by atoms with Crippen LogP contribution in [0.2, 0.25) is 0 Å². The first kappa shape index (κ1) is 22.3. The second-order valence-corrected chi connectivity index (χ2v) is 8.03. The predicted octanol–water partition coefficient (Wildman–Crippen LogP) is 4.81. The Morgan fingerprint density at radius 3 is 2.46 bits per heavy atom. The molecule has 4 nitrogen and oxygen atoms in total. The number of halogens is 1. The summed E-state index contributed by atoms with van der Waals surface area (Å²) in [5.74, 6) is 0.106. The van der Waals surface area contributed by atoms with Crippen molar-refractivity contribution < 1.29 is 4.79 Å². The molecule has 2 aromatic carbocycles. The number of nitrogens with zero attached hydrogens (tertiary/aromatic N) is 3. The third-order valence-electron chi connectivity index (χ3n) is 4.57. The van der Waals surface area contributed by atoms with Crippen LogP contribution < -0.4 is 4.90 Å². The Hall–Kier alpha value is -1.95. The molecule has 0 atom stereocenters. The molecule has 0 aliphatic heterocycles. The van der Waals surface area contributed by atoms with Gasteiger partial charge in [-0.05, 0) is 56.7 Å². The predicted molar refractivity (Wildman–Crippen MR) is 122 cm³/mol. The summed E-state index contributed by atoms with van der Waals surface area (Å²) in [5.41, 5.74) is 3.30. The molecule has 0 radical (unpaired) electrons. The zero-order chi connectivity index (χ0) is 19.2. The Labute approximate surface area is 177 Å². The quantitative estimate of drug-likeness (QED) is 0.527. The number of amides is 1. The smallest absolute Gasteiger partial charge is 0.233 e. The number of anilines is 1. The standard InChI is InChI=1S/C22H27N3OS.ClH/c1-4-17-11-12-19-20(15-17)27-22(23-19)25(14-8-13-24(2)3)21(26)16-18-9-6-5-7-10-18;/h5-7,9-12,15H,4,8,13-14,16H2,1-3H3;1H. The fraction of sp³-hybridized carbons (Fsp3) is 0.364. The summed E-state index contributed by atoms with van der Waals surface area (Å²) in [6, 6.07) is 16.3. The second kappa shape index (κ2) is 10.6. The number of rotatable bonds is 8. The molecule has 0 saturated heterocycles. The fourth-order valence-corrected chi connectivity index (χ4v) is 4.10. The van der Waals surface area contributed by atoms with Crippen molar-refractivity contribution >= 4 is 45.0 Å². The Kier molecular flexibility index (Phi) is 8.42. The number of hydrogen-bond donors (Lipinski definition) is 0. The number of hydrogen-bond acceptors (Lipinski definition) is 4. The third kappa shape index (κ3) is 5.77. The maximum absolute atomic E-state index is 13.1. The molecule has 3 aromatic rings. The summed E-state index contributed by atoms with van der Waals surface area (Å²) in [5, 5.41) is 0.804. The molecular formula is C22H28ClN3OS. The molecule has 1 heterocycles. The maximum Gasteiger partial charge on any atom is 0.233 e. The monoisotopic (exact) mass is 417 g/mol. The number of carbonyl (C=O) groups excluding carboxylic acids is 1. The van der Waals surface area contributed by atoms with Crippen LogP contribution in [0.3, 0.4) is 0 Å². The van der Waals surface area contributed by atoms with Gasteiger partial charge in [0.05, 0.1) is 16.6 Å². The average Bonchev–Trinajstić information content (AvgIpc) is 3.08. The number of thiazole rings is 1. The fourth-order valence-electron chi connectivity index (χ4n) is 3.03. The molecule has 1 aromatic heterocycles. The minimum Gasteiger partial charge on any atom is -0.309 e. The van der Waals surface area contributed by atoms with Gasteiger partial charge in [0.2, 0.25) is 5.91 Å². The van der Waals surface area contributed by atoms with Crippen LogP contribution in [0.25, 0.3) is 10.2 Å². The number of aryl methyl sites for hydroxylation is 1. The lowest BCUT2D eigenvalue weighted by Crippen LogP contribution is -2.34. The van der Waals surface area contributed by atoms with Gasteiger partial charge in [-0.15, -0.1) is 12.4 Å². The first-order chi connectivity index (χ1) is 13.1. The summed E-state index contributed by atoms with van der Waals surface area (Å²) in [6.45, 7) is 3.78. The highest BCUT2D eigenvalue weighted by Gasteiger charge is 2.20. The number of carbonyl (C=O) groups is 1. The number of fused-ring (bicyclic) bond motifs is 1. The van der Waals surface area contributed by atoms with Gasteiger partial charge < -0.3 is 4.90 Å². The lowest BCUT2D eigenvalue weighted by atomic mass is 10.1. The van der Waals surface area contributed by atoms with E-state index in [1.807, 2.05) is 35.2 Å². The van der Waals surface area contributed by atoms with E-state index >= 15 is 0 Å². The molecule has 150 valence electrons. The zero-order valence-electron chi connectivity index (χ0n) is 16.7. The Bertz CT molecular complexity index is 895. The highest BCUT2D eigenvalue weighted by Crippen LogP contribution is 2.30. The molecule has 1 amide bonds. The molecule has 6 heteroatoms. The molecule has 0 bridgehead atoms. The first-order valence-electron chi connectivity index (χ1n) is 9.45. The molecular weight excluding hydrogens is 390 g/mol. The largest absolute Gasteiger partial charge is 0.309 e. The van der Waals surface area contributed by atoms with Gasteiger partial charge in [-0.25, -0.2) is 4.98 Å². The van der Waals surface area contributed by atoms with E-state index in [0.717, 1.165) is 40.3 Å². The molecule has 0 fully saturated rings. The van der Waals surface area contributed by atoms with Crippen LogP contribution in [0.4, 0.5) is 5.13 Å². The van der Waals surface area contributed by atoms with Crippen LogP contribution in [0.5, 0.6) is 0 Å². The molecule has 28 heavy (non-hydrogen) atoms. The third-order valence-corrected chi connectivity index (χ3v) is 5.61. The molecule has 0 aliphatic rings. The van der Waals surface area contributed by atoms with Gasteiger partial charge in [-0.3, -0.25) is 9.69 Å². The van der Waals surface area contributed by atoms with Crippen LogP contribution in [-0.4, -0.2) is 43.0 Å². The van der Waals surface area contributed by atoms with Crippen molar-refractivity contribution in [1.29, 1.82) is 0 Å². The number of benzene rings is 2. The summed E-state index contributed by atoms with van der Waals surface area (Å²) < 4.78 is 1.15. The van der Waals surface area contributed by atoms with E-state index in [9.17, 15) is 4.79 Å². The summed E-state index contributed by atoms with van der Waals surface area (Å²) in [6.07, 6.45) is 2.32. The highest BCUT2D eigenvalue weighted by molar-refractivity contribution is 7.22. The molecule has 0 saturated carbocycles. The van der Waals surface area contributed by atoms with Crippen molar-refractivity contribution in [3.63, 3.8) is 0 Å². The first-order valence-corrected chi connectivity index (χ1v) is 10.3. The maximum atomic E-state index is 13.1. The van der Waals surface area contributed by atoms with Crippen molar-refractivity contribution in [2.24, 2.45) is 0 Å². The molecule has 0 spiro atoms. The SMILES string of the molecule is CCc1ccc2nc(N(CCCN(C)C)C(=O)Cc3ccccc3)sc2c1.Cl. The summed E-state index contributed by atoms with van der Waals surface area (Å²) in [4.78, 5) is 21.8. The minimum absolute atomic E-state index is 0. The molecule has 0 aliphatic carbocycles. The van der Waals surface area contributed by atoms with Gasteiger partial charge in [-0.2, -0.15) is 0 Å². The Morgan fingerprint density at radius 2 is 1.79 bits per heavy atom. The van der Waals surface area contributed by atoms with E-state index in [1.54, 1.807) is 11.3 Å². The highest BCUT2D eigenvalue weighted by atomic mass is 35.5. The lowest BCUT2D eigenvalue weighted by molar-refractivity contribution is -0.118.